The number of anilines is 1. The van der Waals surface area contributed by atoms with Gasteiger partial charge in [0.15, 0.2) is 11.5 Å². The number of phenolic OH excluding ortho intramolecular Hbond substituents is 1. The van der Waals surface area contributed by atoms with Crippen LogP contribution in [0.15, 0.2) is 40.9 Å². The number of hydrogen-bond donors (Lipinski definition) is 2. The van der Waals surface area contributed by atoms with Crippen molar-refractivity contribution in [1.29, 1.82) is 0 Å². The van der Waals surface area contributed by atoms with Gasteiger partial charge in [-0.25, -0.2) is 0 Å². The lowest BCUT2D eigenvalue weighted by molar-refractivity contribution is 0.339. The molecule has 2 rings (SSSR count). The van der Waals surface area contributed by atoms with E-state index >= 15 is 0 Å². The van der Waals surface area contributed by atoms with Gasteiger partial charge in [-0.05, 0) is 45.8 Å². The largest absolute Gasteiger partial charge is 0.502 e. The molecule has 106 valence electrons. The Bertz CT molecular complexity index is 576. The van der Waals surface area contributed by atoms with Crippen molar-refractivity contribution in [3.05, 3.63) is 46.4 Å². The monoisotopic (exact) mass is 337 g/mol. The van der Waals surface area contributed by atoms with Crippen LogP contribution >= 0.6 is 15.9 Å². The number of ether oxygens (including phenoxy) is 2. The Kier molecular flexibility index (Phi) is 4.74. The van der Waals surface area contributed by atoms with Crippen molar-refractivity contribution in [2.75, 3.05) is 19.5 Å². The first kappa shape index (κ1) is 14.5. The summed E-state index contributed by atoms with van der Waals surface area (Å²) in [4.78, 5) is 0. The number of para-hydroxylation sites is 1. The highest BCUT2D eigenvalue weighted by Gasteiger charge is 2.11. The molecule has 2 aromatic carbocycles. The zero-order valence-electron chi connectivity index (χ0n) is 11.3. The van der Waals surface area contributed by atoms with Gasteiger partial charge in [-0.3, -0.25) is 0 Å². The number of phenols is 1. The van der Waals surface area contributed by atoms with Gasteiger partial charge in [0, 0.05) is 16.7 Å². The summed E-state index contributed by atoms with van der Waals surface area (Å²) in [6.07, 6.45) is 0. The van der Waals surface area contributed by atoms with Crippen LogP contribution in [0.2, 0.25) is 0 Å². The van der Waals surface area contributed by atoms with Crippen LogP contribution in [0.1, 0.15) is 5.56 Å². The van der Waals surface area contributed by atoms with Gasteiger partial charge >= 0.3 is 0 Å². The molecule has 0 unspecified atom stereocenters. The average Bonchev–Trinajstić information content (AvgIpc) is 2.47. The quantitative estimate of drug-likeness (QED) is 0.871. The predicted molar refractivity (Wildman–Crippen MR) is 82.7 cm³/mol. The Morgan fingerprint density at radius 1 is 1.10 bits per heavy atom. The minimum Gasteiger partial charge on any atom is -0.502 e. The van der Waals surface area contributed by atoms with E-state index in [-0.39, 0.29) is 5.75 Å². The van der Waals surface area contributed by atoms with Crippen LogP contribution in [0.5, 0.6) is 17.2 Å². The van der Waals surface area contributed by atoms with E-state index < -0.39 is 0 Å². The van der Waals surface area contributed by atoms with Crippen molar-refractivity contribution in [2.45, 2.75) is 6.54 Å². The van der Waals surface area contributed by atoms with E-state index in [9.17, 15) is 5.11 Å². The van der Waals surface area contributed by atoms with Gasteiger partial charge in [0.2, 0.25) is 5.75 Å². The second kappa shape index (κ2) is 6.52. The molecule has 2 N–H and O–H groups in total. The zero-order chi connectivity index (χ0) is 14.5. The minimum atomic E-state index is 0.0136. The molecule has 0 saturated carbocycles. The Morgan fingerprint density at radius 2 is 1.70 bits per heavy atom. The fourth-order valence-corrected chi connectivity index (χ4v) is 2.28. The average molecular weight is 338 g/mol. The lowest BCUT2D eigenvalue weighted by Gasteiger charge is -2.13. The molecular weight excluding hydrogens is 322 g/mol. The molecule has 5 heteroatoms. The second-order valence-electron chi connectivity index (χ2n) is 4.18. The molecule has 0 radical (unpaired) electrons. The molecule has 0 bridgehead atoms. The topological polar surface area (TPSA) is 50.7 Å². The maximum absolute atomic E-state index is 9.86. The molecule has 0 heterocycles. The smallest absolute Gasteiger partial charge is 0.200 e. The summed E-state index contributed by atoms with van der Waals surface area (Å²) < 4.78 is 11.3. The zero-order valence-corrected chi connectivity index (χ0v) is 12.9. The van der Waals surface area contributed by atoms with E-state index in [4.69, 9.17) is 9.47 Å². The number of halogens is 1. The Hall–Kier alpha value is -1.88. The molecule has 2 aromatic rings. The van der Waals surface area contributed by atoms with Crippen LogP contribution in [0, 0.1) is 0 Å². The number of benzene rings is 2. The molecule has 0 aliphatic heterocycles. The lowest BCUT2D eigenvalue weighted by atomic mass is 10.1. The van der Waals surface area contributed by atoms with Gasteiger partial charge in [0.1, 0.15) is 0 Å². The third-order valence-corrected chi connectivity index (χ3v) is 3.59. The van der Waals surface area contributed by atoms with E-state index in [2.05, 4.69) is 21.2 Å². The molecule has 0 amide bonds. The van der Waals surface area contributed by atoms with E-state index in [0.29, 0.717) is 18.0 Å². The summed E-state index contributed by atoms with van der Waals surface area (Å²) in [5.41, 5.74) is 1.95. The maximum atomic E-state index is 9.86. The summed E-state index contributed by atoms with van der Waals surface area (Å²) in [6.45, 7) is 0.593. The van der Waals surface area contributed by atoms with Gasteiger partial charge in [-0.1, -0.05) is 12.1 Å². The van der Waals surface area contributed by atoms with Crippen molar-refractivity contribution in [3.8, 4) is 17.2 Å². The molecule has 0 aliphatic rings. The molecule has 0 aliphatic carbocycles. The fraction of sp³-hybridized carbons (Fsp3) is 0.200. The summed E-state index contributed by atoms with van der Waals surface area (Å²) in [5, 5.41) is 13.2. The van der Waals surface area contributed by atoms with Crippen molar-refractivity contribution in [1.82, 2.24) is 0 Å². The van der Waals surface area contributed by atoms with Gasteiger partial charge in [-0.15, -0.1) is 0 Å². The highest BCUT2D eigenvalue weighted by atomic mass is 79.9. The summed E-state index contributed by atoms with van der Waals surface area (Å²) in [5.74, 6) is 0.807. The maximum Gasteiger partial charge on any atom is 0.200 e. The van der Waals surface area contributed by atoms with Crippen LogP contribution < -0.4 is 14.8 Å². The summed E-state index contributed by atoms with van der Waals surface area (Å²) >= 11 is 3.49. The third kappa shape index (κ3) is 3.17. The molecule has 20 heavy (non-hydrogen) atoms. The molecule has 0 atom stereocenters. The van der Waals surface area contributed by atoms with E-state index in [1.165, 1.54) is 14.2 Å². The van der Waals surface area contributed by atoms with Gasteiger partial charge in [-0.2, -0.15) is 0 Å². The van der Waals surface area contributed by atoms with Crippen molar-refractivity contribution >= 4 is 21.6 Å². The molecule has 0 aromatic heterocycles. The van der Waals surface area contributed by atoms with Crippen molar-refractivity contribution in [2.24, 2.45) is 0 Å². The van der Waals surface area contributed by atoms with E-state index in [0.717, 1.165) is 15.7 Å². The highest BCUT2D eigenvalue weighted by molar-refractivity contribution is 9.10. The van der Waals surface area contributed by atoms with Gasteiger partial charge < -0.3 is 19.9 Å². The number of aromatic hydroxyl groups is 1. The minimum absolute atomic E-state index is 0.0136. The molecular formula is C15H16BrNO3. The van der Waals surface area contributed by atoms with Crippen LogP contribution in [0.4, 0.5) is 5.69 Å². The Balaban J connectivity index is 2.19. The van der Waals surface area contributed by atoms with Crippen molar-refractivity contribution in [3.63, 3.8) is 0 Å². The molecule has 0 saturated heterocycles. The van der Waals surface area contributed by atoms with Gasteiger partial charge in [0.25, 0.3) is 0 Å². The fourth-order valence-electron chi connectivity index (χ4n) is 1.85. The van der Waals surface area contributed by atoms with Crippen LogP contribution in [0.3, 0.4) is 0 Å². The number of nitrogens with one attached hydrogen (secondary N) is 1. The van der Waals surface area contributed by atoms with Crippen LogP contribution in [-0.4, -0.2) is 19.3 Å². The van der Waals surface area contributed by atoms with Crippen LogP contribution in [0.25, 0.3) is 0 Å². The summed E-state index contributed by atoms with van der Waals surface area (Å²) in [6, 6.07) is 11.4. The third-order valence-electron chi connectivity index (χ3n) is 2.90. The SMILES string of the molecule is COc1cc(CNc2ccccc2Br)cc(OC)c1O. The molecule has 0 fully saturated rings. The Morgan fingerprint density at radius 3 is 2.25 bits per heavy atom. The first-order chi connectivity index (χ1) is 9.65. The number of rotatable bonds is 5. The first-order valence-corrected chi connectivity index (χ1v) is 6.87. The van der Waals surface area contributed by atoms with E-state index in [1.807, 2.05) is 24.3 Å². The standard InChI is InChI=1S/C15H16BrNO3/c1-19-13-7-10(8-14(20-2)15(13)18)9-17-12-6-4-3-5-11(12)16/h3-8,17-18H,9H2,1-2H3. The summed E-state index contributed by atoms with van der Waals surface area (Å²) in [7, 11) is 3.03. The normalized spacial score (nSPS) is 10.2. The molecule has 4 nitrogen and oxygen atoms in total. The highest BCUT2D eigenvalue weighted by Crippen LogP contribution is 2.37. The van der Waals surface area contributed by atoms with Gasteiger partial charge in [0.05, 0.1) is 14.2 Å². The van der Waals surface area contributed by atoms with Crippen molar-refractivity contribution < 1.29 is 14.6 Å². The van der Waals surface area contributed by atoms with Crippen LogP contribution in [-0.2, 0) is 6.54 Å². The number of hydrogen-bond acceptors (Lipinski definition) is 4. The molecule has 0 spiro atoms. The lowest BCUT2D eigenvalue weighted by Crippen LogP contribution is -2.01. The Labute approximate surface area is 126 Å². The number of methoxy groups -OCH3 is 2. The second-order valence-corrected chi connectivity index (χ2v) is 5.04. The predicted octanol–water partition coefficient (Wildman–Crippen LogP) is 3.78. The van der Waals surface area contributed by atoms with E-state index in [1.54, 1.807) is 12.1 Å². The first-order valence-electron chi connectivity index (χ1n) is 6.08.